The molecule has 1 aromatic carbocycles. The average molecular weight is 339 g/mol. The Morgan fingerprint density at radius 3 is 2.58 bits per heavy atom. The summed E-state index contributed by atoms with van der Waals surface area (Å²) >= 11 is 2.98. The minimum absolute atomic E-state index is 0.157. The van der Waals surface area contributed by atoms with Gasteiger partial charge in [-0.1, -0.05) is 15.9 Å². The fourth-order valence-corrected chi connectivity index (χ4v) is 1.86. The molecule has 7 heteroatoms. The van der Waals surface area contributed by atoms with E-state index < -0.39 is 17.6 Å². The molecule has 1 amide bonds. The molecule has 0 aromatic heterocycles. The van der Waals surface area contributed by atoms with Gasteiger partial charge in [-0.05, 0) is 37.6 Å². The van der Waals surface area contributed by atoms with Crippen molar-refractivity contribution in [1.82, 2.24) is 0 Å². The molecule has 1 rings (SSSR count). The standard InChI is InChI=1S/C12H14BrF3N2O/c13-8-4-5-10(9(7-8)12(14,15)16)18-11(19)3-1-2-6-17/h4-5,7H,1-3,6,17H2,(H,18,19). The number of benzene rings is 1. The molecule has 0 aliphatic rings. The van der Waals surface area contributed by atoms with Gasteiger partial charge >= 0.3 is 6.18 Å². The smallest absolute Gasteiger partial charge is 0.330 e. The molecule has 0 saturated carbocycles. The van der Waals surface area contributed by atoms with Crippen molar-refractivity contribution >= 4 is 27.5 Å². The Labute approximate surface area is 117 Å². The molecule has 0 radical (unpaired) electrons. The molecule has 0 aliphatic heterocycles. The summed E-state index contributed by atoms with van der Waals surface area (Å²) in [7, 11) is 0. The first-order valence-corrected chi connectivity index (χ1v) is 6.50. The number of halogens is 4. The van der Waals surface area contributed by atoms with Crippen LogP contribution in [0.15, 0.2) is 22.7 Å². The molecule has 0 atom stereocenters. The van der Waals surface area contributed by atoms with Crippen LogP contribution in [0.3, 0.4) is 0 Å². The van der Waals surface area contributed by atoms with Crippen LogP contribution in [-0.2, 0) is 11.0 Å². The Bertz CT molecular complexity index is 449. The van der Waals surface area contributed by atoms with Crippen LogP contribution >= 0.6 is 15.9 Å². The summed E-state index contributed by atoms with van der Waals surface area (Å²) in [4.78, 5) is 11.5. The maximum Gasteiger partial charge on any atom is 0.418 e. The zero-order valence-corrected chi connectivity index (χ0v) is 11.6. The van der Waals surface area contributed by atoms with Gasteiger partial charge in [-0.25, -0.2) is 0 Å². The average Bonchev–Trinajstić information content (AvgIpc) is 2.30. The molecule has 106 valence electrons. The minimum atomic E-state index is -4.51. The van der Waals surface area contributed by atoms with Crippen molar-refractivity contribution in [1.29, 1.82) is 0 Å². The van der Waals surface area contributed by atoms with Crippen LogP contribution < -0.4 is 11.1 Å². The number of nitrogens with two attached hydrogens (primary N) is 1. The third-order valence-corrected chi connectivity index (χ3v) is 2.91. The molecule has 0 unspecified atom stereocenters. The van der Waals surface area contributed by atoms with Gasteiger partial charge in [0.15, 0.2) is 0 Å². The zero-order valence-electron chi connectivity index (χ0n) is 10.1. The molecule has 0 aliphatic carbocycles. The molecule has 19 heavy (non-hydrogen) atoms. The van der Waals surface area contributed by atoms with E-state index in [1.807, 2.05) is 0 Å². The summed E-state index contributed by atoms with van der Waals surface area (Å²) in [5, 5.41) is 2.28. The van der Waals surface area contributed by atoms with Gasteiger partial charge in [0.05, 0.1) is 11.3 Å². The third kappa shape index (κ3) is 5.20. The molecule has 0 heterocycles. The van der Waals surface area contributed by atoms with Crippen molar-refractivity contribution in [2.45, 2.75) is 25.4 Å². The number of unbranched alkanes of at least 4 members (excludes halogenated alkanes) is 1. The zero-order chi connectivity index (χ0) is 14.5. The highest BCUT2D eigenvalue weighted by atomic mass is 79.9. The lowest BCUT2D eigenvalue weighted by Crippen LogP contribution is -2.16. The lowest BCUT2D eigenvalue weighted by molar-refractivity contribution is -0.137. The molecule has 1 aromatic rings. The molecule has 3 N–H and O–H groups in total. The summed E-state index contributed by atoms with van der Waals surface area (Å²) in [6.07, 6.45) is -3.13. The van der Waals surface area contributed by atoms with E-state index in [2.05, 4.69) is 21.2 Å². The van der Waals surface area contributed by atoms with Gasteiger partial charge in [-0.3, -0.25) is 4.79 Å². The highest BCUT2D eigenvalue weighted by molar-refractivity contribution is 9.10. The van der Waals surface area contributed by atoms with Crippen LogP contribution in [0.25, 0.3) is 0 Å². The van der Waals surface area contributed by atoms with E-state index in [0.717, 1.165) is 6.07 Å². The fourth-order valence-electron chi connectivity index (χ4n) is 1.50. The second kappa shape index (κ2) is 6.91. The van der Waals surface area contributed by atoms with Gasteiger partial charge in [0, 0.05) is 10.9 Å². The summed E-state index contributed by atoms with van der Waals surface area (Å²) in [5.74, 6) is -0.443. The second-order valence-electron chi connectivity index (χ2n) is 3.98. The predicted molar refractivity (Wildman–Crippen MR) is 70.7 cm³/mol. The van der Waals surface area contributed by atoms with Gasteiger partial charge in [0.1, 0.15) is 0 Å². The molecule has 0 spiro atoms. The largest absolute Gasteiger partial charge is 0.418 e. The molecular formula is C12H14BrF3N2O. The number of rotatable bonds is 5. The van der Waals surface area contributed by atoms with Crippen LogP contribution in [0.2, 0.25) is 0 Å². The maximum absolute atomic E-state index is 12.8. The van der Waals surface area contributed by atoms with Crippen LogP contribution in [0.5, 0.6) is 0 Å². The van der Waals surface area contributed by atoms with Crippen LogP contribution in [-0.4, -0.2) is 12.5 Å². The Morgan fingerprint density at radius 2 is 2.00 bits per heavy atom. The van der Waals surface area contributed by atoms with Gasteiger partial charge in [0.25, 0.3) is 0 Å². The summed E-state index contributed by atoms with van der Waals surface area (Å²) in [6.45, 7) is 0.458. The molecule has 3 nitrogen and oxygen atoms in total. The summed E-state index contributed by atoms with van der Waals surface area (Å²) in [6, 6.07) is 3.62. The third-order valence-electron chi connectivity index (χ3n) is 2.42. The van der Waals surface area contributed by atoms with Gasteiger partial charge in [-0.2, -0.15) is 13.2 Å². The van der Waals surface area contributed by atoms with Crippen molar-refractivity contribution in [2.75, 3.05) is 11.9 Å². The second-order valence-corrected chi connectivity index (χ2v) is 4.90. The fraction of sp³-hybridized carbons (Fsp3) is 0.417. The number of hydrogen-bond acceptors (Lipinski definition) is 2. The first-order valence-electron chi connectivity index (χ1n) is 5.71. The van der Waals surface area contributed by atoms with E-state index in [1.165, 1.54) is 12.1 Å². The van der Waals surface area contributed by atoms with Crippen LogP contribution in [0, 0.1) is 0 Å². The summed E-state index contributed by atoms with van der Waals surface area (Å²) < 4.78 is 38.7. The van der Waals surface area contributed by atoms with Crippen molar-refractivity contribution < 1.29 is 18.0 Å². The van der Waals surface area contributed by atoms with Crippen molar-refractivity contribution in [2.24, 2.45) is 5.73 Å². The molecule has 0 fully saturated rings. The highest BCUT2D eigenvalue weighted by Gasteiger charge is 2.34. The van der Waals surface area contributed by atoms with Gasteiger partial charge in [-0.15, -0.1) is 0 Å². The Balaban J connectivity index is 2.80. The number of carbonyl (C=O) groups is 1. The minimum Gasteiger partial charge on any atom is -0.330 e. The normalized spacial score (nSPS) is 11.4. The van der Waals surface area contributed by atoms with E-state index in [-0.39, 0.29) is 12.1 Å². The number of alkyl halides is 3. The lowest BCUT2D eigenvalue weighted by Gasteiger charge is -2.14. The summed E-state index contributed by atoms with van der Waals surface area (Å²) in [5.41, 5.74) is 4.18. The van der Waals surface area contributed by atoms with Gasteiger partial charge in [0.2, 0.25) is 5.91 Å². The lowest BCUT2D eigenvalue weighted by atomic mass is 10.1. The van der Waals surface area contributed by atoms with E-state index in [0.29, 0.717) is 23.9 Å². The number of nitrogens with one attached hydrogen (secondary N) is 1. The highest BCUT2D eigenvalue weighted by Crippen LogP contribution is 2.36. The first kappa shape index (κ1) is 16.0. The quantitative estimate of drug-likeness (QED) is 0.807. The molecule has 0 bridgehead atoms. The first-order chi connectivity index (χ1) is 8.84. The molecule has 0 saturated heterocycles. The number of anilines is 1. The number of amides is 1. The van der Waals surface area contributed by atoms with Crippen molar-refractivity contribution in [3.8, 4) is 0 Å². The number of carbonyl (C=O) groups excluding carboxylic acids is 1. The Kier molecular flexibility index (Phi) is 5.81. The topological polar surface area (TPSA) is 55.1 Å². The van der Waals surface area contributed by atoms with Gasteiger partial charge < -0.3 is 11.1 Å². The molecular weight excluding hydrogens is 325 g/mol. The van der Waals surface area contributed by atoms with E-state index in [4.69, 9.17) is 5.73 Å². The SMILES string of the molecule is NCCCCC(=O)Nc1ccc(Br)cc1C(F)(F)F. The number of hydrogen-bond donors (Lipinski definition) is 2. The van der Waals surface area contributed by atoms with Crippen molar-refractivity contribution in [3.05, 3.63) is 28.2 Å². The monoisotopic (exact) mass is 338 g/mol. The maximum atomic E-state index is 12.8. The predicted octanol–water partition coefficient (Wildman–Crippen LogP) is 3.54. The van der Waals surface area contributed by atoms with E-state index in [1.54, 1.807) is 0 Å². The van der Waals surface area contributed by atoms with E-state index >= 15 is 0 Å². The van der Waals surface area contributed by atoms with Crippen molar-refractivity contribution in [3.63, 3.8) is 0 Å². The Hall–Kier alpha value is -1.08. The van der Waals surface area contributed by atoms with Crippen LogP contribution in [0.4, 0.5) is 18.9 Å². The van der Waals surface area contributed by atoms with Crippen LogP contribution in [0.1, 0.15) is 24.8 Å². The Morgan fingerprint density at radius 1 is 1.32 bits per heavy atom. The van der Waals surface area contributed by atoms with E-state index in [9.17, 15) is 18.0 Å².